The number of carboxylic acid groups (broad SMARTS) is 1. The first-order chi connectivity index (χ1) is 12.6. The summed E-state index contributed by atoms with van der Waals surface area (Å²) < 4.78 is 0. The van der Waals surface area contributed by atoms with E-state index in [1.54, 1.807) is 6.20 Å². The average Bonchev–Trinajstić information content (AvgIpc) is 3.08. The molecular formula is C19H21N5O2. The molecule has 0 bridgehead atoms. The summed E-state index contributed by atoms with van der Waals surface area (Å²) in [6.07, 6.45) is 5.08. The van der Waals surface area contributed by atoms with E-state index < -0.39 is 5.97 Å². The largest absolute Gasteiger partial charge is 0.481 e. The lowest BCUT2D eigenvalue weighted by molar-refractivity contribution is -0.136. The van der Waals surface area contributed by atoms with Crippen LogP contribution in [0.1, 0.15) is 35.7 Å². The maximum absolute atomic E-state index is 11.1. The van der Waals surface area contributed by atoms with Gasteiger partial charge in [-0.1, -0.05) is 12.1 Å². The van der Waals surface area contributed by atoms with E-state index in [-0.39, 0.29) is 12.3 Å². The summed E-state index contributed by atoms with van der Waals surface area (Å²) in [5.41, 5.74) is 3.90. The zero-order valence-corrected chi connectivity index (χ0v) is 14.6. The summed E-state index contributed by atoms with van der Waals surface area (Å²) in [6.45, 7) is 3.70. The molecular weight excluding hydrogens is 330 g/mol. The van der Waals surface area contributed by atoms with Crippen molar-refractivity contribution in [1.82, 2.24) is 19.9 Å². The quantitative estimate of drug-likeness (QED) is 0.750. The van der Waals surface area contributed by atoms with Crippen LogP contribution in [0.5, 0.6) is 0 Å². The number of hydrogen-bond donors (Lipinski definition) is 2. The molecule has 1 fully saturated rings. The fourth-order valence-corrected chi connectivity index (χ4v) is 3.71. The van der Waals surface area contributed by atoms with Crippen molar-refractivity contribution in [3.05, 3.63) is 47.7 Å². The number of aryl methyl sites for hydroxylation is 1. The van der Waals surface area contributed by atoms with Crippen molar-refractivity contribution in [1.29, 1.82) is 0 Å². The molecule has 0 amide bonds. The average molecular weight is 351 g/mol. The second kappa shape index (κ2) is 6.74. The number of rotatable bonds is 4. The lowest BCUT2D eigenvalue weighted by Crippen LogP contribution is -2.36. The number of para-hydroxylation sites is 1. The van der Waals surface area contributed by atoms with Crippen LogP contribution in [0, 0.1) is 6.92 Å². The second-order valence-electron chi connectivity index (χ2n) is 6.82. The lowest BCUT2D eigenvalue weighted by atomic mass is 9.97. The number of imidazole rings is 1. The van der Waals surface area contributed by atoms with Gasteiger partial charge < -0.3 is 15.0 Å². The molecule has 4 rings (SSSR count). The SMILES string of the molecule is Cc1cccc2[nH]c([C@@H]3CCCN(c4ncncc4CC(=O)O)C3)nc12. The van der Waals surface area contributed by atoms with Crippen LogP contribution in [0.3, 0.4) is 0 Å². The van der Waals surface area contributed by atoms with Crippen LogP contribution < -0.4 is 4.90 Å². The molecule has 3 heterocycles. The topological polar surface area (TPSA) is 95.0 Å². The number of fused-ring (bicyclic) bond motifs is 1. The zero-order valence-electron chi connectivity index (χ0n) is 14.6. The fraction of sp³-hybridized carbons (Fsp3) is 0.368. The van der Waals surface area contributed by atoms with Crippen LogP contribution in [0.25, 0.3) is 11.0 Å². The second-order valence-corrected chi connectivity index (χ2v) is 6.82. The van der Waals surface area contributed by atoms with E-state index in [9.17, 15) is 4.79 Å². The molecule has 0 spiro atoms. The maximum Gasteiger partial charge on any atom is 0.308 e. The molecule has 0 radical (unpaired) electrons. The van der Waals surface area contributed by atoms with Crippen molar-refractivity contribution in [2.75, 3.05) is 18.0 Å². The molecule has 1 aliphatic heterocycles. The number of nitrogens with one attached hydrogen (secondary N) is 1. The number of aromatic nitrogens is 4. The zero-order chi connectivity index (χ0) is 18.1. The third-order valence-electron chi connectivity index (χ3n) is 4.95. The highest BCUT2D eigenvalue weighted by molar-refractivity contribution is 5.78. The van der Waals surface area contributed by atoms with E-state index in [1.807, 2.05) is 6.07 Å². The molecule has 134 valence electrons. The highest BCUT2D eigenvalue weighted by Crippen LogP contribution is 2.30. The van der Waals surface area contributed by atoms with Crippen LogP contribution in [-0.2, 0) is 11.2 Å². The fourth-order valence-electron chi connectivity index (χ4n) is 3.71. The highest BCUT2D eigenvalue weighted by Gasteiger charge is 2.26. The van der Waals surface area contributed by atoms with Crippen molar-refractivity contribution >= 4 is 22.8 Å². The first-order valence-electron chi connectivity index (χ1n) is 8.82. The number of nitrogens with zero attached hydrogens (tertiary/aromatic N) is 4. The third-order valence-corrected chi connectivity index (χ3v) is 4.95. The standard InChI is InChI=1S/C19H21N5O2/c1-12-4-2-6-15-17(12)23-18(22-15)13-5-3-7-24(10-13)19-14(8-16(25)26)9-20-11-21-19/h2,4,6,9,11,13H,3,5,7-8,10H2,1H3,(H,22,23)(H,25,26)/t13-/m1/s1. The third kappa shape index (κ3) is 3.12. The van der Waals surface area contributed by atoms with Crippen LogP contribution in [-0.4, -0.2) is 44.1 Å². The first-order valence-corrected chi connectivity index (χ1v) is 8.82. The Morgan fingerprint density at radius 2 is 2.31 bits per heavy atom. The molecule has 1 aromatic carbocycles. The summed E-state index contributed by atoms with van der Waals surface area (Å²) >= 11 is 0. The molecule has 7 heteroatoms. The van der Waals surface area contributed by atoms with E-state index in [0.717, 1.165) is 54.2 Å². The molecule has 2 N–H and O–H groups in total. The van der Waals surface area contributed by atoms with Gasteiger partial charge in [-0.15, -0.1) is 0 Å². The number of hydrogen-bond acceptors (Lipinski definition) is 5. The number of aromatic amines is 1. The van der Waals surface area contributed by atoms with Crippen molar-refractivity contribution in [2.24, 2.45) is 0 Å². The molecule has 1 saturated heterocycles. The maximum atomic E-state index is 11.1. The van der Waals surface area contributed by atoms with Crippen LogP contribution in [0.15, 0.2) is 30.7 Å². The van der Waals surface area contributed by atoms with Gasteiger partial charge in [-0.3, -0.25) is 4.79 Å². The summed E-state index contributed by atoms with van der Waals surface area (Å²) in [7, 11) is 0. The molecule has 0 saturated carbocycles. The van der Waals surface area contributed by atoms with Crippen LogP contribution in [0.2, 0.25) is 0 Å². The van der Waals surface area contributed by atoms with E-state index in [1.165, 1.54) is 6.33 Å². The van der Waals surface area contributed by atoms with Gasteiger partial charge in [0.25, 0.3) is 0 Å². The number of anilines is 1. The minimum atomic E-state index is -0.873. The van der Waals surface area contributed by atoms with E-state index in [4.69, 9.17) is 10.1 Å². The number of benzene rings is 1. The smallest absolute Gasteiger partial charge is 0.308 e. The molecule has 3 aromatic rings. The molecule has 0 aliphatic carbocycles. The van der Waals surface area contributed by atoms with E-state index in [0.29, 0.717) is 5.56 Å². The summed E-state index contributed by atoms with van der Waals surface area (Å²) in [5, 5.41) is 9.14. The van der Waals surface area contributed by atoms with Gasteiger partial charge in [0.1, 0.15) is 18.0 Å². The number of piperidine rings is 1. The number of carbonyl (C=O) groups is 1. The van der Waals surface area contributed by atoms with Crippen molar-refractivity contribution in [3.8, 4) is 0 Å². The molecule has 7 nitrogen and oxygen atoms in total. The predicted molar refractivity (Wildman–Crippen MR) is 98.4 cm³/mol. The Kier molecular flexibility index (Phi) is 4.28. The van der Waals surface area contributed by atoms with Crippen LogP contribution in [0.4, 0.5) is 5.82 Å². The first kappa shape index (κ1) is 16.5. The van der Waals surface area contributed by atoms with Gasteiger partial charge in [0, 0.05) is 30.8 Å². The van der Waals surface area contributed by atoms with Gasteiger partial charge in [-0.05, 0) is 31.4 Å². The van der Waals surface area contributed by atoms with Gasteiger partial charge in [-0.2, -0.15) is 0 Å². The summed E-state index contributed by atoms with van der Waals surface area (Å²) in [5.74, 6) is 1.11. The minimum absolute atomic E-state index is 0.0683. The Bertz CT molecular complexity index is 952. The minimum Gasteiger partial charge on any atom is -0.481 e. The normalized spacial score (nSPS) is 17.6. The van der Waals surface area contributed by atoms with E-state index in [2.05, 4.69) is 38.9 Å². The van der Waals surface area contributed by atoms with Crippen LogP contribution >= 0.6 is 0 Å². The van der Waals surface area contributed by atoms with Gasteiger partial charge >= 0.3 is 5.97 Å². The molecule has 0 unspecified atom stereocenters. The Labute approximate surface area is 151 Å². The number of H-pyrrole nitrogens is 1. The highest BCUT2D eigenvalue weighted by atomic mass is 16.4. The predicted octanol–water partition coefficient (Wildman–Crippen LogP) is 2.67. The number of carboxylic acids is 1. The molecule has 26 heavy (non-hydrogen) atoms. The Hall–Kier alpha value is -2.96. The summed E-state index contributed by atoms with van der Waals surface area (Å²) in [6, 6.07) is 6.15. The van der Waals surface area contributed by atoms with Gasteiger partial charge in [0.15, 0.2) is 0 Å². The van der Waals surface area contributed by atoms with Gasteiger partial charge in [0.2, 0.25) is 0 Å². The van der Waals surface area contributed by atoms with Gasteiger partial charge in [-0.25, -0.2) is 15.0 Å². The molecule has 2 aromatic heterocycles. The van der Waals surface area contributed by atoms with Gasteiger partial charge in [0.05, 0.1) is 17.5 Å². The van der Waals surface area contributed by atoms with Crippen molar-refractivity contribution in [2.45, 2.75) is 32.1 Å². The number of aliphatic carboxylic acids is 1. The Morgan fingerprint density at radius 3 is 3.12 bits per heavy atom. The molecule has 1 aliphatic rings. The lowest BCUT2D eigenvalue weighted by Gasteiger charge is -2.33. The van der Waals surface area contributed by atoms with Crippen molar-refractivity contribution in [3.63, 3.8) is 0 Å². The van der Waals surface area contributed by atoms with Crippen molar-refractivity contribution < 1.29 is 9.90 Å². The Balaban J connectivity index is 1.61. The van der Waals surface area contributed by atoms with E-state index >= 15 is 0 Å². The summed E-state index contributed by atoms with van der Waals surface area (Å²) in [4.78, 5) is 29.9. The molecule has 1 atom stereocenters. The Morgan fingerprint density at radius 1 is 1.42 bits per heavy atom. The monoisotopic (exact) mass is 351 g/mol.